The van der Waals surface area contributed by atoms with E-state index in [9.17, 15) is 24.5 Å². The zero-order valence-corrected chi connectivity index (χ0v) is 21.3. The number of hydrogen-bond donors (Lipinski definition) is 0. The third-order valence-corrected chi connectivity index (χ3v) is 6.56. The first-order chi connectivity index (χ1) is 18.8. The van der Waals surface area contributed by atoms with Crippen LogP contribution in [0.3, 0.4) is 0 Å². The smallest absolute Gasteiger partial charge is 0.341 e. The molecule has 0 N–H and O–H groups in total. The van der Waals surface area contributed by atoms with Gasteiger partial charge in [-0.05, 0) is 51.0 Å². The van der Waals surface area contributed by atoms with E-state index < -0.39 is 22.4 Å². The molecule has 1 saturated heterocycles. The summed E-state index contributed by atoms with van der Waals surface area (Å²) in [6, 6.07) is 10.5. The molecule has 0 aliphatic carbocycles. The van der Waals surface area contributed by atoms with Gasteiger partial charge in [0.25, 0.3) is 17.2 Å². The normalized spacial score (nSPS) is 15.6. The molecule has 1 amide bonds. The Hall–Kier alpha value is -4.71. The van der Waals surface area contributed by atoms with Crippen molar-refractivity contribution >= 4 is 34.2 Å². The van der Waals surface area contributed by atoms with E-state index in [2.05, 4.69) is 9.98 Å². The summed E-state index contributed by atoms with van der Waals surface area (Å²) in [6.07, 6.45) is 2.86. The number of aryl methyl sites for hydroxylation is 1. The molecular formula is C27H25N5O7. The van der Waals surface area contributed by atoms with Gasteiger partial charge in [-0.3, -0.25) is 24.1 Å². The lowest BCUT2D eigenvalue weighted by atomic mass is 10.1. The number of carbonyl (C=O) groups is 2. The molecule has 12 nitrogen and oxygen atoms in total. The summed E-state index contributed by atoms with van der Waals surface area (Å²) < 4.78 is 14.0. The summed E-state index contributed by atoms with van der Waals surface area (Å²) >= 11 is 0. The Morgan fingerprint density at radius 2 is 2.08 bits per heavy atom. The van der Waals surface area contributed by atoms with E-state index in [4.69, 9.17) is 9.47 Å². The lowest BCUT2D eigenvalue weighted by molar-refractivity contribution is -0.385. The maximum absolute atomic E-state index is 13.5. The van der Waals surface area contributed by atoms with Gasteiger partial charge >= 0.3 is 5.97 Å². The molecule has 1 aliphatic heterocycles. The number of amides is 1. The van der Waals surface area contributed by atoms with Crippen LogP contribution in [0.1, 0.15) is 46.0 Å². The van der Waals surface area contributed by atoms with E-state index in [0.29, 0.717) is 17.8 Å². The fourth-order valence-electron chi connectivity index (χ4n) is 4.62. The Morgan fingerprint density at radius 3 is 2.79 bits per heavy atom. The van der Waals surface area contributed by atoms with Crippen molar-refractivity contribution in [3.8, 4) is 0 Å². The van der Waals surface area contributed by atoms with Crippen molar-refractivity contribution in [3.05, 3.63) is 91.3 Å². The van der Waals surface area contributed by atoms with Crippen LogP contribution < -0.4 is 11.0 Å². The highest BCUT2D eigenvalue weighted by Crippen LogP contribution is 2.21. The van der Waals surface area contributed by atoms with E-state index in [1.807, 2.05) is 0 Å². The number of nitro groups is 1. The van der Waals surface area contributed by atoms with E-state index in [1.54, 1.807) is 38.2 Å². The van der Waals surface area contributed by atoms with Crippen LogP contribution in [0.25, 0.3) is 16.7 Å². The number of aromatic nitrogens is 3. The van der Waals surface area contributed by atoms with Crippen LogP contribution in [-0.2, 0) is 16.0 Å². The molecule has 1 atom stereocenters. The third-order valence-electron chi connectivity index (χ3n) is 6.56. The standard InChI is InChI=1S/C27H25N5O7/c1-3-38-27(35)20-14-19-23(28-22-8-4-5-11-30(22)26(19)34)31(15-18-7-6-12-39-18)24(20)29-25(33)17-10-9-16(2)21(13-17)32(36)37/h4-5,8-11,13-14,18H,3,6-7,12,15H2,1-2H3/t18-/m1/s1. The SMILES string of the molecule is CCOC(=O)c1cc2c(=O)n3ccccc3nc2n(C[C@H]2CCCO2)c1=NC(=O)c1ccc(C)c([N+](=O)[O-])c1. The summed E-state index contributed by atoms with van der Waals surface area (Å²) in [6.45, 7) is 3.97. The van der Waals surface area contributed by atoms with Crippen molar-refractivity contribution in [1.82, 2.24) is 14.0 Å². The van der Waals surface area contributed by atoms with Gasteiger partial charge < -0.3 is 14.0 Å². The van der Waals surface area contributed by atoms with Gasteiger partial charge in [0.15, 0.2) is 5.49 Å². The van der Waals surface area contributed by atoms with E-state index in [-0.39, 0.29) is 52.6 Å². The van der Waals surface area contributed by atoms with Gasteiger partial charge in [-0.25, -0.2) is 9.78 Å². The molecule has 1 fully saturated rings. The molecule has 0 bridgehead atoms. The molecule has 1 aliphatic rings. The predicted molar refractivity (Wildman–Crippen MR) is 140 cm³/mol. The van der Waals surface area contributed by atoms with Crippen molar-refractivity contribution in [2.75, 3.05) is 13.2 Å². The number of nitro benzene ring substituents is 1. The molecule has 3 aromatic heterocycles. The van der Waals surface area contributed by atoms with Crippen LogP contribution in [0.15, 0.2) is 58.4 Å². The highest BCUT2D eigenvalue weighted by Gasteiger charge is 2.24. The summed E-state index contributed by atoms with van der Waals surface area (Å²) in [5, 5.41) is 11.6. The molecule has 12 heteroatoms. The number of fused-ring (bicyclic) bond motifs is 2. The average molecular weight is 532 g/mol. The summed E-state index contributed by atoms with van der Waals surface area (Å²) in [7, 11) is 0. The van der Waals surface area contributed by atoms with Gasteiger partial charge in [0, 0.05) is 30.0 Å². The Bertz CT molecular complexity index is 1770. The minimum atomic E-state index is -0.804. The largest absolute Gasteiger partial charge is 0.462 e. The molecule has 0 saturated carbocycles. The lowest BCUT2D eigenvalue weighted by Crippen LogP contribution is -2.35. The van der Waals surface area contributed by atoms with Crippen LogP contribution in [-0.4, -0.2) is 50.1 Å². The van der Waals surface area contributed by atoms with E-state index in [0.717, 1.165) is 18.9 Å². The Kier molecular flexibility index (Phi) is 7.03. The summed E-state index contributed by atoms with van der Waals surface area (Å²) in [4.78, 5) is 59.8. The second kappa shape index (κ2) is 10.6. The monoisotopic (exact) mass is 531 g/mol. The van der Waals surface area contributed by atoms with Gasteiger partial charge in [0.2, 0.25) is 0 Å². The Balaban J connectivity index is 1.84. The fraction of sp³-hybridized carbons (Fsp3) is 0.296. The van der Waals surface area contributed by atoms with Crippen molar-refractivity contribution in [3.63, 3.8) is 0 Å². The second-order valence-electron chi connectivity index (χ2n) is 9.11. The zero-order chi connectivity index (χ0) is 27.7. The first-order valence-electron chi connectivity index (χ1n) is 12.5. The summed E-state index contributed by atoms with van der Waals surface area (Å²) in [5.41, 5.74) is 0.131. The number of carbonyl (C=O) groups excluding carboxylic acids is 2. The van der Waals surface area contributed by atoms with Gasteiger partial charge in [0.05, 0.1) is 29.6 Å². The van der Waals surface area contributed by atoms with E-state index >= 15 is 0 Å². The van der Waals surface area contributed by atoms with Crippen LogP contribution in [0.4, 0.5) is 5.69 Å². The van der Waals surface area contributed by atoms with Gasteiger partial charge in [-0.1, -0.05) is 12.1 Å². The quantitative estimate of drug-likeness (QED) is 0.160. The molecule has 200 valence electrons. The summed E-state index contributed by atoms with van der Waals surface area (Å²) in [5.74, 6) is -1.58. The highest BCUT2D eigenvalue weighted by molar-refractivity contribution is 5.97. The van der Waals surface area contributed by atoms with E-state index in [1.165, 1.54) is 27.2 Å². The molecule has 0 radical (unpaired) electrons. The minimum Gasteiger partial charge on any atom is -0.462 e. The maximum atomic E-state index is 13.5. The number of pyridine rings is 2. The Morgan fingerprint density at radius 1 is 1.26 bits per heavy atom. The number of benzene rings is 1. The minimum absolute atomic E-state index is 0.0302. The first kappa shape index (κ1) is 25.9. The number of nitrogens with zero attached hydrogens (tertiary/aromatic N) is 5. The van der Waals surface area contributed by atoms with Crippen molar-refractivity contribution in [2.24, 2.45) is 4.99 Å². The molecule has 1 aromatic carbocycles. The van der Waals surface area contributed by atoms with Crippen molar-refractivity contribution in [1.29, 1.82) is 0 Å². The first-order valence-corrected chi connectivity index (χ1v) is 12.5. The number of esters is 1. The highest BCUT2D eigenvalue weighted by atomic mass is 16.6. The molecule has 4 aromatic rings. The van der Waals surface area contributed by atoms with Crippen LogP contribution in [0.2, 0.25) is 0 Å². The van der Waals surface area contributed by atoms with Gasteiger partial charge in [-0.2, -0.15) is 4.99 Å². The van der Waals surface area contributed by atoms with Crippen LogP contribution in [0, 0.1) is 17.0 Å². The predicted octanol–water partition coefficient (Wildman–Crippen LogP) is 2.96. The molecular weight excluding hydrogens is 506 g/mol. The number of ether oxygens (including phenoxy) is 2. The number of hydrogen-bond acceptors (Lipinski definition) is 8. The van der Waals surface area contributed by atoms with Crippen molar-refractivity contribution < 1.29 is 24.0 Å². The molecule has 0 spiro atoms. The van der Waals surface area contributed by atoms with Crippen LogP contribution in [0.5, 0.6) is 0 Å². The second-order valence-corrected chi connectivity index (χ2v) is 9.11. The lowest BCUT2D eigenvalue weighted by Gasteiger charge is -2.18. The molecule has 5 rings (SSSR count). The maximum Gasteiger partial charge on any atom is 0.341 e. The van der Waals surface area contributed by atoms with Crippen molar-refractivity contribution in [2.45, 2.75) is 39.3 Å². The van der Waals surface area contributed by atoms with Gasteiger partial charge in [-0.15, -0.1) is 0 Å². The number of rotatable bonds is 6. The average Bonchev–Trinajstić information content (AvgIpc) is 3.43. The Labute approximate surface area is 221 Å². The zero-order valence-electron chi connectivity index (χ0n) is 21.3. The fourth-order valence-corrected chi connectivity index (χ4v) is 4.62. The van der Waals surface area contributed by atoms with Crippen LogP contribution >= 0.6 is 0 Å². The van der Waals surface area contributed by atoms with Gasteiger partial charge in [0.1, 0.15) is 16.9 Å². The molecule has 4 heterocycles. The topological polar surface area (TPSA) is 147 Å². The molecule has 0 unspecified atom stereocenters. The third kappa shape index (κ3) is 4.93. The molecule has 39 heavy (non-hydrogen) atoms.